The fraction of sp³-hybridized carbons (Fsp3) is 0.262. The summed E-state index contributed by atoms with van der Waals surface area (Å²) >= 11 is 0. The van der Waals surface area contributed by atoms with Crippen LogP contribution >= 0.6 is 0 Å². The molecular formula is C42H42N6O5. The number of hydrogen-bond donors (Lipinski definition) is 4. The normalized spacial score (nSPS) is 17.7. The van der Waals surface area contributed by atoms with Crippen molar-refractivity contribution in [2.24, 2.45) is 5.92 Å². The van der Waals surface area contributed by atoms with E-state index in [2.05, 4.69) is 46.3 Å². The van der Waals surface area contributed by atoms with E-state index in [9.17, 15) is 14.4 Å². The van der Waals surface area contributed by atoms with Gasteiger partial charge in [-0.1, -0.05) is 31.5 Å². The molecule has 4 heterocycles. The molecule has 2 aliphatic rings. The summed E-state index contributed by atoms with van der Waals surface area (Å²) in [5.74, 6) is -0.142. The van der Waals surface area contributed by atoms with E-state index in [0.717, 1.165) is 64.0 Å². The van der Waals surface area contributed by atoms with Gasteiger partial charge in [-0.25, -0.2) is 4.79 Å². The number of aromatic amines is 2. The Labute approximate surface area is 307 Å². The number of fused-ring (bicyclic) bond motifs is 5. The lowest BCUT2D eigenvalue weighted by Gasteiger charge is -2.29. The van der Waals surface area contributed by atoms with E-state index in [0.29, 0.717) is 29.2 Å². The minimum atomic E-state index is -0.704. The van der Waals surface area contributed by atoms with Crippen LogP contribution in [0.3, 0.4) is 0 Å². The van der Waals surface area contributed by atoms with Crippen molar-refractivity contribution >= 4 is 56.8 Å². The molecule has 2 unspecified atom stereocenters. The number of benzene rings is 3. The van der Waals surface area contributed by atoms with Crippen LogP contribution in [0.25, 0.3) is 21.9 Å². The maximum atomic E-state index is 14.3. The van der Waals surface area contributed by atoms with E-state index >= 15 is 0 Å². The molecule has 1 aliphatic carbocycles. The monoisotopic (exact) mass is 710 g/mol. The van der Waals surface area contributed by atoms with Gasteiger partial charge in [-0.05, 0) is 98.5 Å². The van der Waals surface area contributed by atoms with Crippen molar-refractivity contribution in [1.29, 1.82) is 0 Å². The number of para-hydroxylation sites is 1. The molecule has 0 radical (unpaired) electrons. The highest BCUT2D eigenvalue weighted by atomic mass is 16.6. The van der Waals surface area contributed by atoms with Crippen LogP contribution in [0, 0.1) is 12.8 Å². The highest BCUT2D eigenvalue weighted by molar-refractivity contribution is 6.06. The van der Waals surface area contributed by atoms with Crippen molar-refractivity contribution in [3.8, 4) is 0 Å². The number of amides is 3. The van der Waals surface area contributed by atoms with Crippen LogP contribution in [0.1, 0.15) is 77.1 Å². The predicted octanol–water partition coefficient (Wildman–Crippen LogP) is 9.10. The highest BCUT2D eigenvalue weighted by Gasteiger charge is 2.46. The number of aryl methyl sites for hydroxylation is 1. The van der Waals surface area contributed by atoms with Gasteiger partial charge in [0.25, 0.3) is 11.8 Å². The highest BCUT2D eigenvalue weighted by Crippen LogP contribution is 2.51. The average molecular weight is 711 g/mol. The molecule has 3 amide bonds. The van der Waals surface area contributed by atoms with Crippen molar-refractivity contribution in [2.75, 3.05) is 35.2 Å². The molecule has 3 atom stereocenters. The number of nitrogens with one attached hydrogen (secondary N) is 4. The maximum Gasteiger partial charge on any atom is 0.412 e. The number of aromatic nitrogens is 2. The minimum Gasteiger partial charge on any atom is -0.451 e. The number of anilines is 3. The number of H-pyrrole nitrogens is 2. The molecule has 3 aromatic heterocycles. The van der Waals surface area contributed by atoms with Gasteiger partial charge in [0.15, 0.2) is 11.9 Å². The molecule has 11 nitrogen and oxygen atoms in total. The van der Waals surface area contributed by atoms with E-state index in [1.54, 1.807) is 24.3 Å². The molecule has 1 saturated heterocycles. The number of nitrogens with zero attached hydrogens (tertiary/aromatic N) is 2. The third-order valence-electron chi connectivity index (χ3n) is 10.6. The number of allylic oxidation sites excluding steroid dienone is 1. The van der Waals surface area contributed by atoms with Crippen LogP contribution in [0.15, 0.2) is 101 Å². The molecule has 8 rings (SSSR count). The van der Waals surface area contributed by atoms with Gasteiger partial charge in [0, 0.05) is 76.9 Å². The Morgan fingerprint density at radius 2 is 1.74 bits per heavy atom. The quantitative estimate of drug-likeness (QED) is 0.118. The van der Waals surface area contributed by atoms with E-state index in [4.69, 9.17) is 9.15 Å². The third kappa shape index (κ3) is 6.22. The Bertz CT molecular complexity index is 2380. The lowest BCUT2D eigenvalue weighted by molar-refractivity contribution is 0.0809. The standard InChI is InChI=1S/C42H42N6O5/c1-5-25-23-48(33-21-35(39-37(38(25)33)24(4)22-43-39)53-42(51)45-28-11-9-8-10-12-28)41(50)32-18-27-17-29(14-16-31(27)46-32)44-40(49)36-19-26-13-15-30(20-34(26)52-36)47(6-2)7-3/h8-22,25,35,38,43,46H,5-7,23H2,1-4H3,(H,44,49)(H,45,51)/t25-,35?,38?/m1/s1. The van der Waals surface area contributed by atoms with E-state index < -0.39 is 12.2 Å². The molecule has 270 valence electrons. The van der Waals surface area contributed by atoms with Gasteiger partial charge in [0.2, 0.25) is 0 Å². The Balaban J connectivity index is 1.03. The first-order valence-corrected chi connectivity index (χ1v) is 18.2. The third-order valence-corrected chi connectivity index (χ3v) is 10.6. The summed E-state index contributed by atoms with van der Waals surface area (Å²) in [5, 5.41) is 7.39. The number of hydrogen-bond acceptors (Lipinski definition) is 6. The second kappa shape index (κ2) is 13.7. The summed E-state index contributed by atoms with van der Waals surface area (Å²) in [5.41, 5.74) is 7.91. The zero-order valence-electron chi connectivity index (χ0n) is 30.2. The number of likely N-dealkylation sites (tertiary alicyclic amines) is 1. The summed E-state index contributed by atoms with van der Waals surface area (Å²) in [4.78, 5) is 51.3. The van der Waals surface area contributed by atoms with E-state index in [-0.39, 0.29) is 29.4 Å². The summed E-state index contributed by atoms with van der Waals surface area (Å²) in [7, 11) is 0. The molecule has 0 bridgehead atoms. The minimum absolute atomic E-state index is 0.0181. The second-order valence-corrected chi connectivity index (χ2v) is 13.7. The molecule has 1 fully saturated rings. The first kappa shape index (κ1) is 33.9. The summed E-state index contributed by atoms with van der Waals surface area (Å²) in [6.07, 6.45) is 3.43. The van der Waals surface area contributed by atoms with Gasteiger partial charge in [-0.2, -0.15) is 0 Å². The molecule has 0 spiro atoms. The molecule has 53 heavy (non-hydrogen) atoms. The lowest BCUT2D eigenvalue weighted by Crippen LogP contribution is -2.30. The second-order valence-electron chi connectivity index (χ2n) is 13.7. The number of furan rings is 1. The largest absolute Gasteiger partial charge is 0.451 e. The molecule has 1 aliphatic heterocycles. The first-order chi connectivity index (χ1) is 25.7. The zero-order chi connectivity index (χ0) is 36.8. The van der Waals surface area contributed by atoms with Gasteiger partial charge in [-0.15, -0.1) is 0 Å². The molecular weight excluding hydrogens is 668 g/mol. The van der Waals surface area contributed by atoms with Crippen molar-refractivity contribution in [3.63, 3.8) is 0 Å². The fourth-order valence-corrected chi connectivity index (χ4v) is 7.90. The first-order valence-electron chi connectivity index (χ1n) is 18.2. The molecule has 4 N–H and O–H groups in total. The predicted molar refractivity (Wildman–Crippen MR) is 206 cm³/mol. The summed E-state index contributed by atoms with van der Waals surface area (Å²) in [6, 6.07) is 24.2. The zero-order valence-corrected chi connectivity index (χ0v) is 30.2. The van der Waals surface area contributed by atoms with Crippen molar-refractivity contribution in [3.05, 3.63) is 125 Å². The van der Waals surface area contributed by atoms with Crippen LogP contribution in [-0.4, -0.2) is 52.4 Å². The summed E-state index contributed by atoms with van der Waals surface area (Å²) < 4.78 is 11.9. The van der Waals surface area contributed by atoms with Crippen LogP contribution < -0.4 is 15.5 Å². The smallest absolute Gasteiger partial charge is 0.412 e. The summed E-state index contributed by atoms with van der Waals surface area (Å²) in [6.45, 7) is 10.7. The van der Waals surface area contributed by atoms with E-state index in [1.807, 2.05) is 78.7 Å². The van der Waals surface area contributed by atoms with Crippen LogP contribution in [-0.2, 0) is 4.74 Å². The van der Waals surface area contributed by atoms with Gasteiger partial charge < -0.3 is 34.2 Å². The Hall–Kier alpha value is -6.23. The molecule has 3 aromatic carbocycles. The van der Waals surface area contributed by atoms with Gasteiger partial charge in [0.1, 0.15) is 11.3 Å². The van der Waals surface area contributed by atoms with Crippen LogP contribution in [0.4, 0.5) is 21.9 Å². The van der Waals surface area contributed by atoms with Gasteiger partial charge in [0.05, 0.1) is 5.69 Å². The lowest BCUT2D eigenvalue weighted by atomic mass is 9.79. The number of rotatable bonds is 9. The molecule has 11 heteroatoms. The van der Waals surface area contributed by atoms with Crippen molar-refractivity contribution in [1.82, 2.24) is 14.9 Å². The number of carbonyl (C=O) groups excluding carboxylic acids is 3. The Morgan fingerprint density at radius 3 is 2.51 bits per heavy atom. The van der Waals surface area contributed by atoms with Crippen LogP contribution in [0.2, 0.25) is 0 Å². The van der Waals surface area contributed by atoms with Crippen LogP contribution in [0.5, 0.6) is 0 Å². The SMILES string of the molecule is CC[C@@H]1CN(C(=O)c2cc3cc(NC(=O)c4cc5ccc(N(CC)CC)cc5o4)ccc3[nH]2)C2=CC(OC(=O)Nc3ccccc3)c3[nH]cc(C)c3C21. The average Bonchev–Trinajstić information content (AvgIpc) is 3.96. The number of ether oxygens (including phenoxy) is 1. The van der Waals surface area contributed by atoms with Crippen molar-refractivity contribution in [2.45, 2.75) is 46.1 Å². The molecule has 0 saturated carbocycles. The number of carbonyl (C=O) groups is 3. The van der Waals surface area contributed by atoms with Gasteiger partial charge in [-0.3, -0.25) is 14.9 Å². The van der Waals surface area contributed by atoms with Crippen molar-refractivity contribution < 1.29 is 23.5 Å². The fourth-order valence-electron chi connectivity index (χ4n) is 7.90. The topological polar surface area (TPSA) is 136 Å². The Kier molecular flexibility index (Phi) is 8.77. The molecule has 6 aromatic rings. The van der Waals surface area contributed by atoms with E-state index in [1.165, 1.54) is 0 Å². The maximum absolute atomic E-state index is 14.3. The Morgan fingerprint density at radius 1 is 0.925 bits per heavy atom. The van der Waals surface area contributed by atoms with Gasteiger partial charge >= 0.3 is 6.09 Å².